The molecule has 0 radical (unpaired) electrons. The van der Waals surface area contributed by atoms with E-state index in [4.69, 9.17) is 15.0 Å². The maximum absolute atomic E-state index is 13.4. The topological polar surface area (TPSA) is 69.5 Å². The predicted octanol–water partition coefficient (Wildman–Crippen LogP) is 4.13. The van der Waals surface area contributed by atoms with Gasteiger partial charge in [-0.3, -0.25) is 14.6 Å². The summed E-state index contributed by atoms with van der Waals surface area (Å²) in [6, 6.07) is 15.2. The van der Waals surface area contributed by atoms with Gasteiger partial charge in [0.2, 0.25) is 0 Å². The lowest BCUT2D eigenvalue weighted by Gasteiger charge is -2.29. The lowest BCUT2D eigenvalue weighted by Crippen LogP contribution is -2.43. The van der Waals surface area contributed by atoms with E-state index >= 15 is 0 Å². The van der Waals surface area contributed by atoms with Crippen molar-refractivity contribution in [1.29, 1.82) is 5.26 Å². The van der Waals surface area contributed by atoms with E-state index in [1.165, 1.54) is 5.56 Å². The largest absolute Gasteiger partial charge is 0.379 e. The minimum absolute atomic E-state index is 0. The van der Waals surface area contributed by atoms with Crippen LogP contribution in [-0.4, -0.2) is 55.2 Å². The number of thiazole rings is 1. The molecule has 8 heteroatoms. The van der Waals surface area contributed by atoms with E-state index in [1.807, 2.05) is 6.07 Å². The highest BCUT2D eigenvalue weighted by molar-refractivity contribution is 7.22. The summed E-state index contributed by atoms with van der Waals surface area (Å²) >= 11 is 1.55. The number of hydrogen-bond donors (Lipinski definition) is 0. The first kappa shape index (κ1) is 23.2. The molecule has 0 saturated carbocycles. The molecule has 2 heterocycles. The Labute approximate surface area is 192 Å². The Kier molecular flexibility index (Phi) is 7.99. The Morgan fingerprint density at radius 3 is 2.65 bits per heavy atom. The molecule has 1 saturated heterocycles. The molecule has 1 aromatic heterocycles. The summed E-state index contributed by atoms with van der Waals surface area (Å²) in [6.45, 7) is 6.65. The third kappa shape index (κ3) is 5.41. The zero-order valence-corrected chi connectivity index (χ0v) is 19.0. The number of rotatable bonds is 6. The van der Waals surface area contributed by atoms with Crippen LogP contribution in [0.5, 0.6) is 0 Å². The second kappa shape index (κ2) is 10.7. The van der Waals surface area contributed by atoms with E-state index in [0.717, 1.165) is 49.5 Å². The van der Waals surface area contributed by atoms with E-state index in [0.29, 0.717) is 22.8 Å². The highest BCUT2D eigenvalue weighted by Gasteiger charge is 2.23. The van der Waals surface area contributed by atoms with Crippen LogP contribution in [0.2, 0.25) is 0 Å². The number of nitriles is 1. The number of benzene rings is 2. The molecular formula is C23H25ClN4O2S. The maximum Gasteiger partial charge on any atom is 0.260 e. The highest BCUT2D eigenvalue weighted by atomic mass is 35.5. The van der Waals surface area contributed by atoms with E-state index in [1.54, 1.807) is 40.5 Å². The second-order valence-corrected chi connectivity index (χ2v) is 8.26. The number of fused-ring (bicyclic) bond motifs is 1. The number of hydrogen-bond acceptors (Lipinski definition) is 6. The number of morpholine rings is 1. The van der Waals surface area contributed by atoms with Crippen LogP contribution in [0, 0.1) is 11.3 Å². The third-order valence-corrected chi connectivity index (χ3v) is 6.37. The molecule has 31 heavy (non-hydrogen) atoms. The number of amides is 1. The van der Waals surface area contributed by atoms with Gasteiger partial charge in [0.25, 0.3) is 5.91 Å². The van der Waals surface area contributed by atoms with Gasteiger partial charge >= 0.3 is 0 Å². The third-order valence-electron chi connectivity index (χ3n) is 5.33. The van der Waals surface area contributed by atoms with Crippen LogP contribution < -0.4 is 4.90 Å². The normalized spacial score (nSPS) is 14.1. The number of carbonyl (C=O) groups excluding carboxylic acids is 1. The fourth-order valence-electron chi connectivity index (χ4n) is 3.49. The second-order valence-electron chi connectivity index (χ2n) is 7.25. The van der Waals surface area contributed by atoms with E-state index in [-0.39, 0.29) is 18.3 Å². The smallest absolute Gasteiger partial charge is 0.260 e. The Morgan fingerprint density at radius 1 is 1.23 bits per heavy atom. The average molecular weight is 457 g/mol. The van der Waals surface area contributed by atoms with E-state index in [9.17, 15) is 4.79 Å². The number of carbonyl (C=O) groups is 1. The molecule has 0 unspecified atom stereocenters. The summed E-state index contributed by atoms with van der Waals surface area (Å²) in [7, 11) is 0. The van der Waals surface area contributed by atoms with Crippen molar-refractivity contribution in [2.75, 3.05) is 44.3 Å². The zero-order valence-electron chi connectivity index (χ0n) is 17.4. The lowest BCUT2D eigenvalue weighted by molar-refractivity contribution is 0.0391. The fraction of sp³-hybridized carbons (Fsp3) is 0.348. The van der Waals surface area contributed by atoms with Crippen LogP contribution in [0.3, 0.4) is 0 Å². The Morgan fingerprint density at radius 2 is 1.97 bits per heavy atom. The number of anilines is 1. The van der Waals surface area contributed by atoms with Crippen molar-refractivity contribution in [1.82, 2.24) is 9.88 Å². The van der Waals surface area contributed by atoms with Crippen molar-refractivity contribution in [3.05, 3.63) is 59.2 Å². The summed E-state index contributed by atoms with van der Waals surface area (Å²) in [5.41, 5.74) is 3.27. The molecule has 1 fully saturated rings. The Bertz CT molecular complexity index is 1070. The highest BCUT2D eigenvalue weighted by Crippen LogP contribution is 2.30. The van der Waals surface area contributed by atoms with Crippen LogP contribution in [0.25, 0.3) is 10.2 Å². The number of ether oxygens (including phenoxy) is 1. The van der Waals surface area contributed by atoms with Crippen LogP contribution in [0.4, 0.5) is 5.13 Å². The van der Waals surface area contributed by atoms with Crippen LogP contribution in [-0.2, 0) is 11.2 Å². The van der Waals surface area contributed by atoms with Gasteiger partial charge in [0, 0.05) is 31.7 Å². The van der Waals surface area contributed by atoms with Gasteiger partial charge in [0.15, 0.2) is 5.13 Å². The molecule has 0 aliphatic carbocycles. The van der Waals surface area contributed by atoms with Crippen molar-refractivity contribution in [2.45, 2.75) is 13.3 Å². The molecule has 3 aromatic rings. The molecule has 2 aromatic carbocycles. The summed E-state index contributed by atoms with van der Waals surface area (Å²) in [5.74, 6) is -0.0949. The van der Waals surface area contributed by atoms with Gasteiger partial charge < -0.3 is 4.74 Å². The Hall–Kier alpha value is -2.50. The molecule has 1 aliphatic heterocycles. The van der Waals surface area contributed by atoms with Crippen LogP contribution >= 0.6 is 23.7 Å². The Balaban J connectivity index is 0.00000272. The summed E-state index contributed by atoms with van der Waals surface area (Å²) < 4.78 is 6.52. The molecule has 4 rings (SSSR count). The van der Waals surface area contributed by atoms with Gasteiger partial charge in [-0.05, 0) is 48.4 Å². The molecule has 6 nitrogen and oxygen atoms in total. The van der Waals surface area contributed by atoms with Crippen molar-refractivity contribution in [2.24, 2.45) is 0 Å². The maximum atomic E-state index is 13.4. The molecule has 0 N–H and O–H groups in total. The van der Waals surface area contributed by atoms with Crippen molar-refractivity contribution in [3.63, 3.8) is 0 Å². The van der Waals surface area contributed by atoms with Gasteiger partial charge in [-0.2, -0.15) is 5.26 Å². The fourth-order valence-corrected chi connectivity index (χ4v) is 4.54. The van der Waals surface area contributed by atoms with Crippen molar-refractivity contribution in [3.8, 4) is 6.07 Å². The molecule has 0 atom stereocenters. The number of nitrogens with zero attached hydrogens (tertiary/aromatic N) is 4. The van der Waals surface area contributed by atoms with Gasteiger partial charge in [-0.1, -0.05) is 24.3 Å². The lowest BCUT2D eigenvalue weighted by atomic mass is 10.1. The first-order chi connectivity index (χ1) is 14.7. The number of aryl methyl sites for hydroxylation is 1. The molecule has 0 bridgehead atoms. The SMILES string of the molecule is CCc1ccc2nc(N(CCN3CCOCC3)C(=O)c3ccc(C#N)cc3)sc2c1.Cl. The van der Waals surface area contributed by atoms with E-state index < -0.39 is 0 Å². The summed E-state index contributed by atoms with van der Waals surface area (Å²) in [4.78, 5) is 22.2. The number of aromatic nitrogens is 1. The molecule has 1 amide bonds. The van der Waals surface area contributed by atoms with Crippen molar-refractivity contribution < 1.29 is 9.53 Å². The van der Waals surface area contributed by atoms with Crippen LogP contribution in [0.1, 0.15) is 28.4 Å². The van der Waals surface area contributed by atoms with Gasteiger partial charge in [0.05, 0.1) is 35.1 Å². The van der Waals surface area contributed by atoms with Gasteiger partial charge in [-0.25, -0.2) is 4.98 Å². The standard InChI is InChI=1S/C23H24N4O2S.ClH/c1-2-17-5-8-20-21(15-17)30-23(25-20)27(10-9-26-11-13-29-14-12-26)22(28)19-6-3-18(16-24)4-7-19;/h3-8,15H,2,9-14H2,1H3;1H. The summed E-state index contributed by atoms with van der Waals surface area (Å²) in [5, 5.41) is 9.75. The zero-order chi connectivity index (χ0) is 20.9. The quantitative estimate of drug-likeness (QED) is 0.557. The molecule has 0 spiro atoms. The van der Waals surface area contributed by atoms with Crippen molar-refractivity contribution >= 4 is 45.0 Å². The predicted molar refractivity (Wildman–Crippen MR) is 126 cm³/mol. The first-order valence-corrected chi connectivity index (χ1v) is 11.0. The average Bonchev–Trinajstić information content (AvgIpc) is 3.22. The first-order valence-electron chi connectivity index (χ1n) is 10.2. The van der Waals surface area contributed by atoms with Gasteiger partial charge in [0.1, 0.15) is 0 Å². The summed E-state index contributed by atoms with van der Waals surface area (Å²) in [6.07, 6.45) is 0.966. The molecule has 162 valence electrons. The minimum atomic E-state index is -0.0949. The van der Waals surface area contributed by atoms with Crippen LogP contribution in [0.15, 0.2) is 42.5 Å². The number of halogens is 1. The monoisotopic (exact) mass is 456 g/mol. The molecule has 1 aliphatic rings. The minimum Gasteiger partial charge on any atom is -0.379 e. The van der Waals surface area contributed by atoms with E-state index in [2.05, 4.69) is 30.0 Å². The molecular weight excluding hydrogens is 432 g/mol. The van der Waals surface area contributed by atoms with Gasteiger partial charge in [-0.15, -0.1) is 12.4 Å².